The molecule has 25 heavy (non-hydrogen) atoms. The van der Waals surface area contributed by atoms with E-state index in [2.05, 4.69) is 4.74 Å². The number of aliphatic carboxylic acids is 1. The molecule has 0 aliphatic carbocycles. The van der Waals surface area contributed by atoms with Gasteiger partial charge in [-0.3, -0.25) is 4.79 Å². The molecule has 0 aromatic rings. The highest BCUT2D eigenvalue weighted by atomic mass is 16.7. The first-order valence-electron chi connectivity index (χ1n) is 7.65. The molecule has 0 amide bonds. The van der Waals surface area contributed by atoms with Crippen molar-refractivity contribution in [3.8, 4) is 0 Å². The quantitative estimate of drug-likeness (QED) is 0.558. The number of hydrogen-bond donors (Lipinski definition) is 1. The van der Waals surface area contributed by atoms with E-state index in [0.717, 1.165) is 0 Å². The van der Waals surface area contributed by atoms with Crippen LogP contribution in [0.3, 0.4) is 0 Å². The number of carboxylic acids is 1. The molecule has 9 nitrogen and oxygen atoms in total. The maximum atomic E-state index is 11.8. The van der Waals surface area contributed by atoms with Crippen molar-refractivity contribution in [3.05, 3.63) is 0 Å². The molecule has 0 saturated heterocycles. The van der Waals surface area contributed by atoms with Gasteiger partial charge in [0.15, 0.2) is 6.10 Å². The van der Waals surface area contributed by atoms with Crippen LogP contribution < -0.4 is 0 Å². The summed E-state index contributed by atoms with van der Waals surface area (Å²) in [6.07, 6.45) is -5.04. The van der Waals surface area contributed by atoms with Gasteiger partial charge >= 0.3 is 24.1 Å². The van der Waals surface area contributed by atoms with Gasteiger partial charge in [0.05, 0.1) is 6.42 Å². The first kappa shape index (κ1) is 22.7. The van der Waals surface area contributed by atoms with Gasteiger partial charge in [0.1, 0.15) is 11.2 Å². The third-order valence-corrected chi connectivity index (χ3v) is 2.30. The van der Waals surface area contributed by atoms with Gasteiger partial charge in [-0.25, -0.2) is 14.4 Å². The fourth-order valence-corrected chi connectivity index (χ4v) is 1.40. The molecule has 0 aromatic heterocycles. The van der Waals surface area contributed by atoms with E-state index >= 15 is 0 Å². The largest absolute Gasteiger partial charge is 0.509 e. The Hall–Kier alpha value is -2.32. The molecule has 1 N–H and O–H groups in total. The topological polar surface area (TPSA) is 125 Å². The Morgan fingerprint density at radius 3 is 1.76 bits per heavy atom. The van der Waals surface area contributed by atoms with Crippen LogP contribution in [0, 0.1) is 0 Å². The van der Waals surface area contributed by atoms with Gasteiger partial charge < -0.3 is 24.1 Å². The summed E-state index contributed by atoms with van der Waals surface area (Å²) in [7, 11) is 0. The SMILES string of the molecule is C[C@H](OC(=O)CC(OC(=O)OC(C)(C)C)C(=O)O)C(=O)OC(C)(C)C. The second kappa shape index (κ2) is 8.68. The van der Waals surface area contributed by atoms with Crippen molar-refractivity contribution >= 4 is 24.1 Å². The highest BCUT2D eigenvalue weighted by Gasteiger charge is 2.31. The van der Waals surface area contributed by atoms with Crippen LogP contribution in [0.1, 0.15) is 54.9 Å². The molecule has 0 spiro atoms. The third-order valence-electron chi connectivity index (χ3n) is 2.30. The van der Waals surface area contributed by atoms with E-state index in [-0.39, 0.29) is 0 Å². The monoisotopic (exact) mass is 362 g/mol. The van der Waals surface area contributed by atoms with Gasteiger partial charge in [0.2, 0.25) is 6.10 Å². The highest BCUT2D eigenvalue weighted by Crippen LogP contribution is 2.13. The zero-order valence-electron chi connectivity index (χ0n) is 15.6. The van der Waals surface area contributed by atoms with Crippen LogP contribution in [0.25, 0.3) is 0 Å². The molecule has 9 heteroatoms. The van der Waals surface area contributed by atoms with Crippen LogP contribution in [0.2, 0.25) is 0 Å². The summed E-state index contributed by atoms with van der Waals surface area (Å²) in [4.78, 5) is 46.1. The number of carbonyl (C=O) groups is 4. The number of carbonyl (C=O) groups excluding carboxylic acids is 3. The average molecular weight is 362 g/mol. The minimum Gasteiger partial charge on any atom is -0.478 e. The minimum atomic E-state index is -1.80. The summed E-state index contributed by atoms with van der Waals surface area (Å²) < 4.78 is 19.3. The van der Waals surface area contributed by atoms with Crippen molar-refractivity contribution in [3.63, 3.8) is 0 Å². The smallest absolute Gasteiger partial charge is 0.478 e. The summed E-state index contributed by atoms with van der Waals surface area (Å²) in [6, 6.07) is 0. The second-order valence-electron chi connectivity index (χ2n) is 7.28. The molecular formula is C16H26O9. The summed E-state index contributed by atoms with van der Waals surface area (Å²) >= 11 is 0. The first-order valence-corrected chi connectivity index (χ1v) is 7.65. The lowest BCUT2D eigenvalue weighted by Gasteiger charge is -2.23. The van der Waals surface area contributed by atoms with Crippen molar-refractivity contribution in [1.29, 1.82) is 0 Å². The van der Waals surface area contributed by atoms with Crippen LogP contribution in [0.5, 0.6) is 0 Å². The number of hydrogen-bond acceptors (Lipinski definition) is 8. The molecule has 0 bridgehead atoms. The summed E-state index contributed by atoms with van der Waals surface area (Å²) in [5.74, 6) is -3.36. The van der Waals surface area contributed by atoms with Gasteiger partial charge in [-0.1, -0.05) is 0 Å². The van der Waals surface area contributed by atoms with Crippen LogP contribution in [0.4, 0.5) is 4.79 Å². The van der Waals surface area contributed by atoms with E-state index in [1.54, 1.807) is 41.5 Å². The predicted octanol–water partition coefficient (Wildman–Crippen LogP) is 2.05. The molecule has 0 aromatic carbocycles. The van der Waals surface area contributed by atoms with Crippen molar-refractivity contribution in [2.24, 2.45) is 0 Å². The second-order valence-corrected chi connectivity index (χ2v) is 7.28. The van der Waals surface area contributed by atoms with Crippen molar-refractivity contribution in [1.82, 2.24) is 0 Å². The fraction of sp³-hybridized carbons (Fsp3) is 0.750. The molecule has 0 heterocycles. The minimum absolute atomic E-state index is 0.763. The van der Waals surface area contributed by atoms with Crippen LogP contribution in [0.15, 0.2) is 0 Å². The van der Waals surface area contributed by atoms with E-state index in [1.807, 2.05) is 0 Å². The van der Waals surface area contributed by atoms with E-state index in [9.17, 15) is 19.2 Å². The van der Waals surface area contributed by atoms with Gasteiger partial charge in [0.25, 0.3) is 0 Å². The molecule has 0 radical (unpaired) electrons. The number of esters is 2. The molecule has 2 atom stereocenters. The molecule has 1 unspecified atom stereocenters. The Kier molecular flexibility index (Phi) is 7.88. The molecule has 0 aliphatic rings. The Balaban J connectivity index is 4.67. The normalized spacial score (nSPS) is 14.0. The summed E-state index contributed by atoms with van der Waals surface area (Å²) in [6.45, 7) is 10.9. The van der Waals surface area contributed by atoms with Crippen LogP contribution in [-0.2, 0) is 33.3 Å². The van der Waals surface area contributed by atoms with Gasteiger partial charge in [-0.2, -0.15) is 0 Å². The molecular weight excluding hydrogens is 336 g/mol. The average Bonchev–Trinajstić information content (AvgIpc) is 2.32. The standard InChI is InChI=1S/C16H26O9/c1-9(13(20)24-15(2,3)4)22-11(17)8-10(12(18)19)23-14(21)25-16(5,6)7/h9-10H,8H2,1-7H3,(H,18,19)/t9-,10?/m0/s1. The Morgan fingerprint density at radius 1 is 0.880 bits per heavy atom. The number of rotatable bonds is 6. The highest BCUT2D eigenvalue weighted by molar-refractivity contribution is 5.84. The van der Waals surface area contributed by atoms with Gasteiger partial charge in [0, 0.05) is 0 Å². The van der Waals surface area contributed by atoms with Crippen LogP contribution >= 0.6 is 0 Å². The Morgan fingerprint density at radius 2 is 1.36 bits per heavy atom. The molecule has 0 saturated carbocycles. The maximum Gasteiger partial charge on any atom is 0.509 e. The summed E-state index contributed by atoms with van der Waals surface area (Å²) in [5.41, 5.74) is -1.65. The van der Waals surface area contributed by atoms with Crippen molar-refractivity contribution < 1.29 is 43.2 Å². The fourth-order valence-electron chi connectivity index (χ4n) is 1.40. The Labute approximate surface area is 146 Å². The van der Waals surface area contributed by atoms with E-state index in [4.69, 9.17) is 19.3 Å². The van der Waals surface area contributed by atoms with E-state index in [0.29, 0.717) is 0 Å². The predicted molar refractivity (Wildman–Crippen MR) is 84.8 cm³/mol. The van der Waals surface area contributed by atoms with Gasteiger partial charge in [-0.05, 0) is 48.5 Å². The first-order chi connectivity index (χ1) is 11.1. The number of ether oxygens (including phenoxy) is 4. The van der Waals surface area contributed by atoms with E-state index < -0.39 is 53.9 Å². The zero-order valence-corrected chi connectivity index (χ0v) is 15.6. The molecule has 144 valence electrons. The molecule has 0 fully saturated rings. The third kappa shape index (κ3) is 11.0. The summed E-state index contributed by atoms with van der Waals surface area (Å²) in [5, 5.41) is 9.03. The lowest BCUT2D eigenvalue weighted by molar-refractivity contribution is -0.176. The lowest BCUT2D eigenvalue weighted by atomic mass is 10.2. The lowest BCUT2D eigenvalue weighted by Crippen LogP contribution is -2.36. The zero-order chi connectivity index (χ0) is 20.0. The maximum absolute atomic E-state index is 11.8. The molecule has 0 rings (SSSR count). The van der Waals surface area contributed by atoms with Gasteiger partial charge in [-0.15, -0.1) is 0 Å². The number of carboxylic acid groups (broad SMARTS) is 1. The molecule has 0 aliphatic heterocycles. The van der Waals surface area contributed by atoms with Crippen LogP contribution in [-0.4, -0.2) is 52.6 Å². The van der Waals surface area contributed by atoms with Crippen molar-refractivity contribution in [2.45, 2.75) is 78.3 Å². The van der Waals surface area contributed by atoms with Crippen molar-refractivity contribution in [2.75, 3.05) is 0 Å². The Bertz CT molecular complexity index is 511. The van der Waals surface area contributed by atoms with E-state index in [1.165, 1.54) is 6.92 Å².